The molecule has 96 valence electrons. The minimum absolute atomic E-state index is 0.0829. The smallest absolute Gasteiger partial charge is 0.309 e. The number of aliphatic carboxylic acids is 1. The molecule has 1 aliphatic carbocycles. The lowest BCUT2D eigenvalue weighted by atomic mass is 9.88. The molecule has 18 heavy (non-hydrogen) atoms. The Kier molecular flexibility index (Phi) is 2.86. The van der Waals surface area contributed by atoms with Crippen LogP contribution in [0, 0.1) is 5.92 Å². The van der Waals surface area contributed by atoms with Gasteiger partial charge in [0.2, 0.25) is 0 Å². The second kappa shape index (κ2) is 4.39. The van der Waals surface area contributed by atoms with Crippen molar-refractivity contribution in [3.8, 4) is 0 Å². The van der Waals surface area contributed by atoms with Crippen LogP contribution in [-0.4, -0.2) is 20.5 Å². The van der Waals surface area contributed by atoms with Crippen molar-refractivity contribution in [2.45, 2.75) is 39.0 Å². The van der Waals surface area contributed by atoms with Crippen LogP contribution in [-0.2, 0) is 24.1 Å². The van der Waals surface area contributed by atoms with E-state index in [-0.39, 0.29) is 6.42 Å². The molecule has 0 saturated heterocycles. The predicted octanol–water partition coefficient (Wildman–Crippen LogP) is 2.54. The van der Waals surface area contributed by atoms with E-state index in [0.717, 1.165) is 29.4 Å². The van der Waals surface area contributed by atoms with Crippen molar-refractivity contribution in [1.82, 2.24) is 9.38 Å². The maximum Gasteiger partial charge on any atom is 0.309 e. The van der Waals surface area contributed by atoms with Crippen molar-refractivity contribution < 1.29 is 9.90 Å². The standard InChI is InChI=1S/C13H16N2O2S/c1-2-8-3-4-10-11(5-8)15-9(6-12(16)17)7-18-13(15)14-10/h7-8H,2-6H2,1H3,(H,16,17). The van der Waals surface area contributed by atoms with Crippen LogP contribution < -0.4 is 0 Å². The third-order valence-electron chi connectivity index (χ3n) is 3.79. The summed E-state index contributed by atoms with van der Waals surface area (Å²) in [7, 11) is 0. The van der Waals surface area contributed by atoms with Crippen molar-refractivity contribution in [1.29, 1.82) is 0 Å². The van der Waals surface area contributed by atoms with E-state index in [2.05, 4.69) is 16.3 Å². The number of hydrogen-bond donors (Lipinski definition) is 1. The van der Waals surface area contributed by atoms with Crippen LogP contribution in [0.5, 0.6) is 0 Å². The molecule has 5 heteroatoms. The van der Waals surface area contributed by atoms with Gasteiger partial charge in [0.1, 0.15) is 0 Å². The van der Waals surface area contributed by atoms with E-state index in [0.29, 0.717) is 0 Å². The minimum Gasteiger partial charge on any atom is -0.481 e. The van der Waals surface area contributed by atoms with Gasteiger partial charge in [0.05, 0.1) is 12.1 Å². The van der Waals surface area contributed by atoms with Gasteiger partial charge in [-0.2, -0.15) is 0 Å². The van der Waals surface area contributed by atoms with Crippen LogP contribution in [0.2, 0.25) is 0 Å². The molecule has 3 rings (SSSR count). The van der Waals surface area contributed by atoms with E-state index in [9.17, 15) is 4.79 Å². The monoisotopic (exact) mass is 264 g/mol. The number of thiazole rings is 1. The lowest BCUT2D eigenvalue weighted by Crippen LogP contribution is -2.15. The second-order valence-corrected chi connectivity index (χ2v) is 5.77. The van der Waals surface area contributed by atoms with Crippen LogP contribution in [0.25, 0.3) is 4.96 Å². The average Bonchev–Trinajstić information content (AvgIpc) is 2.88. The van der Waals surface area contributed by atoms with E-state index in [4.69, 9.17) is 5.11 Å². The molecule has 0 bridgehead atoms. The van der Waals surface area contributed by atoms with E-state index in [1.54, 1.807) is 11.3 Å². The predicted molar refractivity (Wildman–Crippen MR) is 70.2 cm³/mol. The Morgan fingerprint density at radius 1 is 1.67 bits per heavy atom. The summed E-state index contributed by atoms with van der Waals surface area (Å²) in [4.78, 5) is 16.5. The number of nitrogens with zero attached hydrogens (tertiary/aromatic N) is 2. The van der Waals surface area contributed by atoms with Crippen molar-refractivity contribution in [3.05, 3.63) is 22.5 Å². The number of rotatable bonds is 3. The normalized spacial score (nSPS) is 19.1. The number of carbonyl (C=O) groups is 1. The molecule has 1 unspecified atom stereocenters. The molecule has 0 spiro atoms. The summed E-state index contributed by atoms with van der Waals surface area (Å²) in [5.74, 6) is -0.0602. The molecule has 2 aromatic rings. The van der Waals surface area contributed by atoms with E-state index < -0.39 is 5.97 Å². The first kappa shape index (κ1) is 11.7. The molecule has 0 aliphatic heterocycles. The molecule has 1 aliphatic rings. The molecule has 0 amide bonds. The zero-order valence-electron chi connectivity index (χ0n) is 10.3. The molecule has 0 radical (unpaired) electrons. The molecule has 0 saturated carbocycles. The maximum atomic E-state index is 10.9. The van der Waals surface area contributed by atoms with E-state index in [1.165, 1.54) is 24.2 Å². The zero-order chi connectivity index (χ0) is 12.7. The molecule has 0 fully saturated rings. The Bertz CT molecular complexity index is 599. The summed E-state index contributed by atoms with van der Waals surface area (Å²) in [5.41, 5.74) is 3.30. The maximum absolute atomic E-state index is 10.9. The van der Waals surface area contributed by atoms with Gasteiger partial charge in [-0.1, -0.05) is 13.3 Å². The SMILES string of the molecule is CCC1CCc2nc3scc(CC(=O)O)n3c2C1. The summed E-state index contributed by atoms with van der Waals surface area (Å²) in [5, 5.41) is 10.9. The fraction of sp³-hybridized carbons (Fsp3) is 0.538. The molecule has 2 aromatic heterocycles. The summed E-state index contributed by atoms with van der Waals surface area (Å²) in [6, 6.07) is 0. The molecule has 0 aromatic carbocycles. The molecular weight excluding hydrogens is 248 g/mol. The number of hydrogen-bond acceptors (Lipinski definition) is 3. The third kappa shape index (κ3) is 1.82. The highest BCUT2D eigenvalue weighted by molar-refractivity contribution is 7.15. The first-order valence-electron chi connectivity index (χ1n) is 6.37. The highest BCUT2D eigenvalue weighted by Crippen LogP contribution is 2.31. The minimum atomic E-state index is -0.778. The van der Waals surface area contributed by atoms with Gasteiger partial charge >= 0.3 is 5.97 Å². The van der Waals surface area contributed by atoms with Crippen LogP contribution in [0.1, 0.15) is 36.8 Å². The molecular formula is C13H16N2O2S. The largest absolute Gasteiger partial charge is 0.481 e. The number of aromatic nitrogens is 2. The molecule has 4 nitrogen and oxygen atoms in total. The Balaban J connectivity index is 2.07. The van der Waals surface area contributed by atoms with E-state index in [1.807, 2.05) is 5.38 Å². The summed E-state index contributed by atoms with van der Waals surface area (Å²) in [6.45, 7) is 2.22. The number of aryl methyl sites for hydroxylation is 1. The topological polar surface area (TPSA) is 54.6 Å². The first-order valence-corrected chi connectivity index (χ1v) is 7.25. The summed E-state index contributed by atoms with van der Waals surface area (Å²) < 4.78 is 2.08. The Morgan fingerprint density at radius 3 is 3.22 bits per heavy atom. The fourth-order valence-electron chi connectivity index (χ4n) is 2.77. The Morgan fingerprint density at radius 2 is 2.50 bits per heavy atom. The molecule has 1 atom stereocenters. The van der Waals surface area contributed by atoms with Crippen molar-refractivity contribution in [2.24, 2.45) is 5.92 Å². The highest BCUT2D eigenvalue weighted by Gasteiger charge is 2.24. The van der Waals surface area contributed by atoms with Crippen LogP contribution in [0.4, 0.5) is 0 Å². The first-order chi connectivity index (χ1) is 8.69. The lowest BCUT2D eigenvalue weighted by Gasteiger charge is -2.20. The van der Waals surface area contributed by atoms with Crippen molar-refractivity contribution >= 4 is 22.3 Å². The van der Waals surface area contributed by atoms with Crippen LogP contribution in [0.15, 0.2) is 5.38 Å². The molecule has 1 N–H and O–H groups in total. The zero-order valence-corrected chi connectivity index (χ0v) is 11.2. The average molecular weight is 264 g/mol. The van der Waals surface area contributed by atoms with Gasteiger partial charge in [0.25, 0.3) is 0 Å². The second-order valence-electron chi connectivity index (χ2n) is 4.94. The Labute approximate surface area is 109 Å². The quantitative estimate of drug-likeness (QED) is 0.927. The van der Waals surface area contributed by atoms with Gasteiger partial charge in [-0.15, -0.1) is 11.3 Å². The third-order valence-corrected chi connectivity index (χ3v) is 4.67. The van der Waals surface area contributed by atoms with Gasteiger partial charge < -0.3 is 5.11 Å². The van der Waals surface area contributed by atoms with E-state index >= 15 is 0 Å². The summed E-state index contributed by atoms with van der Waals surface area (Å²) >= 11 is 1.55. The molecule has 2 heterocycles. The number of fused-ring (bicyclic) bond motifs is 3. The van der Waals surface area contributed by atoms with Gasteiger partial charge in [-0.25, -0.2) is 4.98 Å². The van der Waals surface area contributed by atoms with Gasteiger partial charge in [-0.3, -0.25) is 9.20 Å². The Hall–Kier alpha value is -1.36. The van der Waals surface area contributed by atoms with Crippen LogP contribution >= 0.6 is 11.3 Å². The lowest BCUT2D eigenvalue weighted by molar-refractivity contribution is -0.136. The van der Waals surface area contributed by atoms with Crippen molar-refractivity contribution in [2.75, 3.05) is 0 Å². The fourth-order valence-corrected chi connectivity index (χ4v) is 3.70. The van der Waals surface area contributed by atoms with Gasteiger partial charge in [0.15, 0.2) is 4.96 Å². The van der Waals surface area contributed by atoms with Crippen molar-refractivity contribution in [3.63, 3.8) is 0 Å². The summed E-state index contributed by atoms with van der Waals surface area (Å²) in [6.07, 6.45) is 4.55. The van der Waals surface area contributed by atoms with Gasteiger partial charge in [0, 0.05) is 16.8 Å². The number of carboxylic acid groups (broad SMARTS) is 1. The number of imidazole rings is 1. The highest BCUT2D eigenvalue weighted by atomic mass is 32.1. The van der Waals surface area contributed by atoms with Gasteiger partial charge in [-0.05, 0) is 25.2 Å². The van der Waals surface area contributed by atoms with Crippen LogP contribution in [0.3, 0.4) is 0 Å². The number of carboxylic acids is 1.